The zero-order valence-corrected chi connectivity index (χ0v) is 26.8. The molecule has 4 aromatic rings. The summed E-state index contributed by atoms with van der Waals surface area (Å²) in [6.07, 6.45) is -1.15. The first-order chi connectivity index (χ1) is 23.1. The van der Waals surface area contributed by atoms with Crippen LogP contribution in [-0.2, 0) is 14.9 Å². The summed E-state index contributed by atoms with van der Waals surface area (Å²) in [5.74, 6) is 1.45. The van der Waals surface area contributed by atoms with Crippen LogP contribution in [0, 0.1) is 0 Å². The quantitative estimate of drug-likeness (QED) is 0.211. The fourth-order valence-corrected chi connectivity index (χ4v) is 7.28. The zero-order valence-electron chi connectivity index (χ0n) is 26.8. The van der Waals surface area contributed by atoms with Crippen LogP contribution in [0.5, 0.6) is 11.5 Å². The second-order valence-electron chi connectivity index (χ2n) is 12.6. The molecular weight excluding hydrogens is 592 g/mol. The van der Waals surface area contributed by atoms with Crippen molar-refractivity contribution in [3.8, 4) is 22.6 Å². The molecule has 2 N–H and O–H groups in total. The average molecular weight is 637 g/mol. The van der Waals surface area contributed by atoms with E-state index in [9.17, 15) is 10.2 Å². The number of hydrogen-bond donors (Lipinski definition) is 2. The molecule has 2 saturated heterocycles. The predicted octanol–water partition coefficient (Wildman–Crippen LogP) is 4.19. The second-order valence-corrected chi connectivity index (χ2v) is 12.6. The number of benzene rings is 4. The molecule has 2 atom stereocenters. The summed E-state index contributed by atoms with van der Waals surface area (Å²) in [7, 11) is 0. The van der Waals surface area contributed by atoms with Gasteiger partial charge in [-0.2, -0.15) is 0 Å². The number of aliphatic hydroxyl groups is 2. The van der Waals surface area contributed by atoms with Gasteiger partial charge in [0, 0.05) is 39.3 Å². The lowest BCUT2D eigenvalue weighted by atomic mass is 9.68. The molecule has 0 saturated carbocycles. The zero-order chi connectivity index (χ0) is 32.1. The van der Waals surface area contributed by atoms with Crippen molar-refractivity contribution in [2.24, 2.45) is 0 Å². The summed E-state index contributed by atoms with van der Waals surface area (Å²) in [4.78, 5) is 4.42. The molecule has 3 aliphatic rings. The van der Waals surface area contributed by atoms with Gasteiger partial charge in [0.2, 0.25) is 0 Å². The first kappa shape index (κ1) is 31.8. The smallest absolute Gasteiger partial charge is 0.119 e. The fraction of sp³-hybridized carbons (Fsp3) is 0.385. The average Bonchev–Trinajstić information content (AvgIpc) is 3.42. The number of β-amino-alcohol motifs (C(OH)–C–C–N with tert-alkyl or cyclic N) is 2. The lowest BCUT2D eigenvalue weighted by Gasteiger charge is -2.34. The molecule has 8 heteroatoms. The fourth-order valence-electron chi connectivity index (χ4n) is 7.28. The Hall–Kier alpha value is -3.76. The Labute approximate surface area is 277 Å². The summed E-state index contributed by atoms with van der Waals surface area (Å²) < 4.78 is 23.0. The Kier molecular flexibility index (Phi) is 9.86. The van der Waals surface area contributed by atoms with Gasteiger partial charge in [0.15, 0.2) is 0 Å². The highest BCUT2D eigenvalue weighted by atomic mass is 16.5. The van der Waals surface area contributed by atoms with E-state index in [0.29, 0.717) is 39.5 Å². The normalized spacial score (nSPS) is 19.0. The molecule has 0 radical (unpaired) electrons. The molecule has 246 valence electrons. The molecule has 2 heterocycles. The molecule has 2 aliphatic heterocycles. The minimum atomic E-state index is -0.575. The molecule has 4 aromatic carbocycles. The van der Waals surface area contributed by atoms with E-state index in [1.54, 1.807) is 0 Å². The van der Waals surface area contributed by atoms with E-state index in [4.69, 9.17) is 18.9 Å². The van der Waals surface area contributed by atoms with Crippen molar-refractivity contribution in [2.45, 2.75) is 17.6 Å². The van der Waals surface area contributed by atoms with E-state index >= 15 is 0 Å². The maximum atomic E-state index is 10.6. The van der Waals surface area contributed by atoms with Gasteiger partial charge in [-0.3, -0.25) is 9.80 Å². The molecule has 2 fully saturated rings. The highest BCUT2D eigenvalue weighted by molar-refractivity contribution is 5.86. The van der Waals surface area contributed by atoms with Gasteiger partial charge in [-0.05, 0) is 57.6 Å². The predicted molar refractivity (Wildman–Crippen MR) is 181 cm³/mol. The first-order valence-corrected chi connectivity index (χ1v) is 16.7. The molecular formula is C39H44N2O6. The van der Waals surface area contributed by atoms with Crippen molar-refractivity contribution >= 4 is 0 Å². The summed E-state index contributed by atoms with van der Waals surface area (Å²) in [6, 6.07) is 33.9. The minimum absolute atomic E-state index is 0.232. The molecule has 0 spiro atoms. The van der Waals surface area contributed by atoms with Gasteiger partial charge in [-0.1, -0.05) is 72.8 Å². The third kappa shape index (κ3) is 6.81. The van der Waals surface area contributed by atoms with Crippen LogP contribution in [0.1, 0.15) is 22.3 Å². The van der Waals surface area contributed by atoms with Gasteiger partial charge in [0.1, 0.15) is 36.9 Å². The van der Waals surface area contributed by atoms with E-state index in [2.05, 4.69) is 82.6 Å². The Bertz CT molecular complexity index is 1480. The lowest BCUT2D eigenvalue weighted by Crippen LogP contribution is -2.42. The van der Waals surface area contributed by atoms with Gasteiger partial charge >= 0.3 is 0 Å². The molecule has 1 aliphatic carbocycles. The van der Waals surface area contributed by atoms with Crippen LogP contribution in [0.25, 0.3) is 11.1 Å². The van der Waals surface area contributed by atoms with Crippen LogP contribution >= 0.6 is 0 Å². The van der Waals surface area contributed by atoms with Gasteiger partial charge in [0.05, 0.1) is 31.8 Å². The van der Waals surface area contributed by atoms with E-state index in [1.807, 2.05) is 24.3 Å². The molecule has 8 nitrogen and oxygen atoms in total. The maximum absolute atomic E-state index is 10.6. The standard InChI is InChI=1S/C39H44N2O6/c42-31(25-40-17-21-44-22-18-40)27-46-33-13-9-29(10-14-33)39(37-7-3-1-5-35(37)36-6-2-4-8-38(36)39)30-11-15-34(16-12-30)47-28-32(43)26-41-19-23-45-24-20-41/h1-16,31-32,42-43H,17-28H2/t31-,32-/m1/s1. The first-order valence-electron chi connectivity index (χ1n) is 16.7. The van der Waals surface area contributed by atoms with Crippen molar-refractivity contribution in [3.05, 3.63) is 119 Å². The Balaban J connectivity index is 1.13. The van der Waals surface area contributed by atoms with Crippen molar-refractivity contribution in [3.63, 3.8) is 0 Å². The highest BCUT2D eigenvalue weighted by Gasteiger charge is 2.45. The van der Waals surface area contributed by atoms with Crippen LogP contribution in [0.4, 0.5) is 0 Å². The number of nitrogens with zero attached hydrogens (tertiary/aromatic N) is 2. The SMILES string of the molecule is O[C@@H](COc1ccc(C2(c3ccc(OC[C@H](O)CN4CCOCC4)cc3)c3ccccc3-c3ccccc32)cc1)CN1CCOCC1. The molecule has 0 aromatic heterocycles. The summed E-state index contributed by atoms with van der Waals surface area (Å²) in [5.41, 5.74) is 6.62. The van der Waals surface area contributed by atoms with E-state index < -0.39 is 17.6 Å². The van der Waals surface area contributed by atoms with Crippen molar-refractivity contribution in [2.75, 3.05) is 78.9 Å². The molecule has 0 unspecified atom stereocenters. The molecule has 7 rings (SSSR count). The van der Waals surface area contributed by atoms with E-state index in [0.717, 1.165) is 48.8 Å². The molecule has 0 amide bonds. The van der Waals surface area contributed by atoms with Gasteiger partial charge in [0.25, 0.3) is 0 Å². The van der Waals surface area contributed by atoms with Crippen LogP contribution < -0.4 is 9.47 Å². The lowest BCUT2D eigenvalue weighted by molar-refractivity contribution is 0.00452. The Morgan fingerprint density at radius 1 is 0.553 bits per heavy atom. The maximum Gasteiger partial charge on any atom is 0.119 e. The van der Waals surface area contributed by atoms with Crippen LogP contribution in [0.3, 0.4) is 0 Å². The monoisotopic (exact) mass is 636 g/mol. The summed E-state index contributed by atoms with van der Waals surface area (Å²) in [6.45, 7) is 7.77. The number of rotatable bonds is 12. The van der Waals surface area contributed by atoms with Crippen LogP contribution in [-0.4, -0.2) is 111 Å². The minimum Gasteiger partial charge on any atom is -0.491 e. The second kappa shape index (κ2) is 14.6. The third-order valence-electron chi connectivity index (χ3n) is 9.56. The van der Waals surface area contributed by atoms with Crippen LogP contribution in [0.15, 0.2) is 97.1 Å². The Morgan fingerprint density at radius 2 is 0.936 bits per heavy atom. The highest BCUT2D eigenvalue weighted by Crippen LogP contribution is 2.56. The topological polar surface area (TPSA) is 83.9 Å². The third-order valence-corrected chi connectivity index (χ3v) is 9.56. The van der Waals surface area contributed by atoms with Gasteiger partial charge < -0.3 is 29.2 Å². The molecule has 0 bridgehead atoms. The summed E-state index contributed by atoms with van der Waals surface area (Å²) >= 11 is 0. The van der Waals surface area contributed by atoms with E-state index in [-0.39, 0.29) is 13.2 Å². The van der Waals surface area contributed by atoms with Crippen molar-refractivity contribution in [1.82, 2.24) is 9.80 Å². The number of fused-ring (bicyclic) bond motifs is 3. The van der Waals surface area contributed by atoms with Crippen molar-refractivity contribution < 1.29 is 29.2 Å². The number of aliphatic hydroxyl groups excluding tert-OH is 2. The largest absolute Gasteiger partial charge is 0.491 e. The Morgan fingerprint density at radius 3 is 1.34 bits per heavy atom. The van der Waals surface area contributed by atoms with Crippen LogP contribution in [0.2, 0.25) is 0 Å². The van der Waals surface area contributed by atoms with Crippen molar-refractivity contribution in [1.29, 1.82) is 0 Å². The number of morpholine rings is 2. The van der Waals surface area contributed by atoms with Gasteiger partial charge in [-0.25, -0.2) is 0 Å². The number of hydrogen-bond acceptors (Lipinski definition) is 8. The number of ether oxygens (including phenoxy) is 4. The molecule has 47 heavy (non-hydrogen) atoms. The van der Waals surface area contributed by atoms with Gasteiger partial charge in [-0.15, -0.1) is 0 Å². The summed E-state index contributed by atoms with van der Waals surface area (Å²) in [5, 5.41) is 21.2. The van der Waals surface area contributed by atoms with E-state index in [1.165, 1.54) is 22.3 Å².